The van der Waals surface area contributed by atoms with Crippen molar-refractivity contribution < 1.29 is 9.53 Å². The van der Waals surface area contributed by atoms with Crippen molar-refractivity contribution in [3.05, 3.63) is 80.5 Å². The molecule has 2 aromatic carbocycles. The van der Waals surface area contributed by atoms with Crippen molar-refractivity contribution >= 4 is 23.1 Å². The number of nitrogens with two attached hydrogens (primary N) is 1. The molecule has 0 spiro atoms. The fourth-order valence-corrected chi connectivity index (χ4v) is 3.73. The highest BCUT2D eigenvalue weighted by atomic mass is 16.5. The standard InChI is InChI=1S/C26H30N6O4/c1-4-36-21-11-10-19(13-27)12-20(21)29-14-22(33)31(15-17(2)3)23-24(28)32(26(35)30-25(23)34)16-18-8-6-5-7-9-18/h5-12,17,29H,4,14-16,28H2,1-3H3,(H,30,34,35). The summed E-state index contributed by atoms with van der Waals surface area (Å²) < 4.78 is 6.83. The van der Waals surface area contributed by atoms with Crippen LogP contribution in [0.25, 0.3) is 0 Å². The van der Waals surface area contributed by atoms with Crippen molar-refractivity contribution in [2.75, 3.05) is 35.6 Å². The summed E-state index contributed by atoms with van der Waals surface area (Å²) in [5.74, 6) is -0.0321. The van der Waals surface area contributed by atoms with Gasteiger partial charge in [0.05, 0.1) is 37.0 Å². The first-order chi connectivity index (χ1) is 17.2. The molecule has 10 nitrogen and oxygen atoms in total. The number of aromatic nitrogens is 2. The molecule has 0 unspecified atom stereocenters. The molecule has 3 aromatic rings. The lowest BCUT2D eigenvalue weighted by molar-refractivity contribution is -0.117. The molecule has 0 atom stereocenters. The van der Waals surface area contributed by atoms with Gasteiger partial charge in [-0.25, -0.2) is 4.79 Å². The van der Waals surface area contributed by atoms with Crippen molar-refractivity contribution in [3.8, 4) is 11.8 Å². The molecule has 1 heterocycles. The zero-order valence-electron chi connectivity index (χ0n) is 20.6. The van der Waals surface area contributed by atoms with Gasteiger partial charge in [0.1, 0.15) is 11.6 Å². The molecule has 0 aliphatic heterocycles. The van der Waals surface area contributed by atoms with Crippen molar-refractivity contribution in [1.29, 1.82) is 5.26 Å². The van der Waals surface area contributed by atoms with Gasteiger partial charge in [-0.3, -0.25) is 19.1 Å². The minimum absolute atomic E-state index is 0.00292. The van der Waals surface area contributed by atoms with Crippen LogP contribution in [0.15, 0.2) is 58.1 Å². The number of nitriles is 1. The van der Waals surface area contributed by atoms with Gasteiger partial charge in [-0.1, -0.05) is 44.2 Å². The summed E-state index contributed by atoms with van der Waals surface area (Å²) in [7, 11) is 0. The first-order valence-electron chi connectivity index (χ1n) is 11.6. The molecule has 0 saturated heterocycles. The molecule has 0 bridgehead atoms. The van der Waals surface area contributed by atoms with Crippen LogP contribution >= 0.6 is 0 Å². The highest BCUT2D eigenvalue weighted by Crippen LogP contribution is 2.26. The third-order valence-corrected chi connectivity index (χ3v) is 5.35. The molecular formula is C26H30N6O4. The molecule has 4 N–H and O–H groups in total. The highest BCUT2D eigenvalue weighted by molar-refractivity contribution is 5.98. The number of nitrogen functional groups attached to an aromatic ring is 1. The second kappa shape index (κ2) is 11.8. The van der Waals surface area contributed by atoms with E-state index in [9.17, 15) is 19.6 Å². The van der Waals surface area contributed by atoms with Crippen LogP contribution in [0.5, 0.6) is 5.75 Å². The molecule has 1 aromatic heterocycles. The van der Waals surface area contributed by atoms with E-state index in [1.165, 1.54) is 9.47 Å². The summed E-state index contributed by atoms with van der Waals surface area (Å²) in [4.78, 5) is 42.4. The third-order valence-electron chi connectivity index (χ3n) is 5.35. The number of H-pyrrole nitrogens is 1. The van der Waals surface area contributed by atoms with Crippen molar-refractivity contribution in [2.24, 2.45) is 5.92 Å². The number of aromatic amines is 1. The lowest BCUT2D eigenvalue weighted by Gasteiger charge is -2.26. The van der Waals surface area contributed by atoms with E-state index in [1.54, 1.807) is 18.2 Å². The lowest BCUT2D eigenvalue weighted by Crippen LogP contribution is -2.44. The Morgan fingerprint density at radius 3 is 2.58 bits per heavy atom. The molecule has 1 amide bonds. The molecule has 188 valence electrons. The number of hydrogen-bond donors (Lipinski definition) is 3. The van der Waals surface area contributed by atoms with E-state index in [0.29, 0.717) is 23.6 Å². The number of nitrogens with one attached hydrogen (secondary N) is 2. The number of amides is 1. The number of anilines is 3. The third kappa shape index (κ3) is 6.13. The van der Waals surface area contributed by atoms with Crippen LogP contribution in [0, 0.1) is 17.2 Å². The van der Waals surface area contributed by atoms with Gasteiger partial charge in [0, 0.05) is 6.54 Å². The Morgan fingerprint density at radius 1 is 1.22 bits per heavy atom. The second-order valence-corrected chi connectivity index (χ2v) is 8.57. The summed E-state index contributed by atoms with van der Waals surface area (Å²) in [6, 6.07) is 16.1. The zero-order valence-corrected chi connectivity index (χ0v) is 20.6. The topological polar surface area (TPSA) is 146 Å². The molecule has 0 fully saturated rings. The average molecular weight is 491 g/mol. The summed E-state index contributed by atoms with van der Waals surface area (Å²) in [5, 5.41) is 12.2. The molecule has 10 heteroatoms. The largest absolute Gasteiger partial charge is 0.492 e. The predicted molar refractivity (Wildman–Crippen MR) is 139 cm³/mol. The summed E-state index contributed by atoms with van der Waals surface area (Å²) in [5.41, 5.74) is 6.54. The molecule has 36 heavy (non-hydrogen) atoms. The van der Waals surface area contributed by atoms with Crippen LogP contribution in [-0.2, 0) is 11.3 Å². The van der Waals surface area contributed by atoms with Crippen LogP contribution in [0.2, 0.25) is 0 Å². The van der Waals surface area contributed by atoms with Crippen LogP contribution in [-0.4, -0.2) is 35.2 Å². The minimum Gasteiger partial charge on any atom is -0.492 e. The van der Waals surface area contributed by atoms with E-state index in [2.05, 4.69) is 16.4 Å². The number of carbonyl (C=O) groups excluding carboxylic acids is 1. The molecule has 0 saturated carbocycles. The molecule has 0 aliphatic rings. The van der Waals surface area contributed by atoms with E-state index in [1.807, 2.05) is 51.1 Å². The monoisotopic (exact) mass is 490 g/mol. The fraction of sp³-hybridized carbons (Fsp3) is 0.308. The van der Waals surface area contributed by atoms with Crippen LogP contribution in [0.4, 0.5) is 17.2 Å². The summed E-state index contributed by atoms with van der Waals surface area (Å²) in [6.07, 6.45) is 0. The van der Waals surface area contributed by atoms with E-state index in [4.69, 9.17) is 10.5 Å². The number of ether oxygens (including phenoxy) is 1. The zero-order chi connectivity index (χ0) is 26.2. The Balaban J connectivity index is 1.96. The Bertz CT molecular complexity index is 1370. The maximum Gasteiger partial charge on any atom is 0.330 e. The maximum absolute atomic E-state index is 13.4. The van der Waals surface area contributed by atoms with Gasteiger partial charge in [-0.05, 0) is 36.6 Å². The Labute approximate surface area is 208 Å². The maximum atomic E-state index is 13.4. The SMILES string of the molecule is CCOc1ccc(C#N)cc1NCC(=O)N(CC(C)C)c1c(N)n(Cc2ccccc2)c(=O)[nH]c1=O. The number of carbonyl (C=O) groups is 1. The first kappa shape index (κ1) is 26.1. The minimum atomic E-state index is -0.739. The van der Waals surface area contributed by atoms with Gasteiger partial charge < -0.3 is 20.7 Å². The summed E-state index contributed by atoms with van der Waals surface area (Å²) >= 11 is 0. The lowest BCUT2D eigenvalue weighted by atomic mass is 10.2. The van der Waals surface area contributed by atoms with Gasteiger partial charge in [0.15, 0.2) is 5.69 Å². The van der Waals surface area contributed by atoms with Crippen molar-refractivity contribution in [2.45, 2.75) is 27.3 Å². The summed E-state index contributed by atoms with van der Waals surface area (Å²) in [6.45, 7) is 6.19. The quantitative estimate of drug-likeness (QED) is 0.396. The van der Waals surface area contributed by atoms with Crippen LogP contribution in [0.3, 0.4) is 0 Å². The molecule has 0 aliphatic carbocycles. The normalized spacial score (nSPS) is 10.6. The molecule has 0 radical (unpaired) electrons. The van der Waals surface area contributed by atoms with Gasteiger partial charge in [0.25, 0.3) is 5.56 Å². The number of nitrogens with zero attached hydrogens (tertiary/aromatic N) is 3. The highest BCUT2D eigenvalue weighted by Gasteiger charge is 2.25. The van der Waals surface area contributed by atoms with Crippen molar-refractivity contribution in [3.63, 3.8) is 0 Å². The van der Waals surface area contributed by atoms with E-state index in [0.717, 1.165) is 5.56 Å². The van der Waals surface area contributed by atoms with E-state index in [-0.39, 0.29) is 37.1 Å². The number of rotatable bonds is 10. The van der Waals surface area contributed by atoms with E-state index < -0.39 is 17.2 Å². The first-order valence-corrected chi connectivity index (χ1v) is 11.6. The predicted octanol–water partition coefficient (Wildman–Crippen LogP) is 2.54. The van der Waals surface area contributed by atoms with Gasteiger partial charge >= 0.3 is 5.69 Å². The van der Waals surface area contributed by atoms with Crippen molar-refractivity contribution in [1.82, 2.24) is 9.55 Å². The molecular weight excluding hydrogens is 460 g/mol. The van der Waals surface area contributed by atoms with Gasteiger partial charge in [-0.2, -0.15) is 5.26 Å². The van der Waals surface area contributed by atoms with Crippen LogP contribution < -0.4 is 31.9 Å². The number of hydrogen-bond acceptors (Lipinski definition) is 7. The Kier molecular flexibility index (Phi) is 8.52. The van der Waals surface area contributed by atoms with Crippen LogP contribution in [0.1, 0.15) is 31.9 Å². The smallest absolute Gasteiger partial charge is 0.330 e. The number of benzene rings is 2. The Morgan fingerprint density at radius 2 is 1.94 bits per heavy atom. The Hall–Kier alpha value is -4.52. The molecule has 3 rings (SSSR count). The average Bonchev–Trinajstić information content (AvgIpc) is 2.85. The van der Waals surface area contributed by atoms with Gasteiger partial charge in [-0.15, -0.1) is 0 Å². The fourth-order valence-electron chi connectivity index (χ4n) is 3.73. The van der Waals surface area contributed by atoms with Gasteiger partial charge in [0.2, 0.25) is 5.91 Å². The van der Waals surface area contributed by atoms with E-state index >= 15 is 0 Å². The second-order valence-electron chi connectivity index (χ2n) is 8.57.